The molecule has 1 fully saturated rings. The molecule has 2 rings (SSSR count). The summed E-state index contributed by atoms with van der Waals surface area (Å²) in [6, 6.07) is 5.57. The number of ether oxygens (including phenoxy) is 2. The van der Waals surface area contributed by atoms with E-state index in [0.717, 1.165) is 31.6 Å². The van der Waals surface area contributed by atoms with Crippen LogP contribution in [0.1, 0.15) is 24.8 Å². The van der Waals surface area contributed by atoms with Crippen LogP contribution in [0.5, 0.6) is 11.5 Å². The minimum atomic E-state index is 0. The van der Waals surface area contributed by atoms with Gasteiger partial charge in [-0.3, -0.25) is 4.79 Å². The van der Waals surface area contributed by atoms with Crippen LogP contribution < -0.4 is 20.1 Å². The molecule has 0 radical (unpaired) electrons. The minimum Gasteiger partial charge on any atom is -0.493 e. The van der Waals surface area contributed by atoms with E-state index in [9.17, 15) is 4.79 Å². The zero-order valence-corrected chi connectivity index (χ0v) is 14.7. The lowest BCUT2D eigenvalue weighted by molar-refractivity contribution is -0.120. The van der Waals surface area contributed by atoms with Crippen LogP contribution in [0, 0.1) is 5.92 Å². The highest BCUT2D eigenvalue weighted by molar-refractivity contribution is 5.85. The lowest BCUT2D eigenvalue weighted by Gasteiger charge is -2.22. The van der Waals surface area contributed by atoms with Gasteiger partial charge in [0.25, 0.3) is 0 Å². The Kier molecular flexibility index (Phi) is 8.81. The van der Waals surface area contributed by atoms with Gasteiger partial charge in [0.2, 0.25) is 5.91 Å². The predicted octanol–water partition coefficient (Wildman–Crippen LogP) is 2.17. The summed E-state index contributed by atoms with van der Waals surface area (Å²) < 4.78 is 10.5. The largest absolute Gasteiger partial charge is 0.493 e. The molecule has 1 aliphatic heterocycles. The van der Waals surface area contributed by atoms with Gasteiger partial charge in [-0.25, -0.2) is 0 Å². The summed E-state index contributed by atoms with van der Waals surface area (Å²) in [5, 5.41) is 6.40. The smallest absolute Gasteiger partial charge is 0.224 e. The predicted molar refractivity (Wildman–Crippen MR) is 93.7 cm³/mol. The number of halogens is 1. The maximum absolute atomic E-state index is 12.0. The summed E-state index contributed by atoms with van der Waals surface area (Å²) in [4.78, 5) is 12.0. The molecule has 0 saturated carbocycles. The number of hydrogen-bond acceptors (Lipinski definition) is 4. The first-order valence-corrected chi connectivity index (χ1v) is 7.91. The Bertz CT molecular complexity index is 491. The number of carbonyl (C=O) groups is 1. The second-order valence-electron chi connectivity index (χ2n) is 5.72. The van der Waals surface area contributed by atoms with Gasteiger partial charge in [-0.2, -0.15) is 0 Å². The molecule has 1 heterocycles. The molecule has 1 aromatic rings. The van der Waals surface area contributed by atoms with Gasteiger partial charge in [-0.05, 0) is 56.0 Å². The van der Waals surface area contributed by atoms with Gasteiger partial charge in [0.1, 0.15) is 0 Å². The number of nitrogens with one attached hydrogen (secondary N) is 2. The quantitative estimate of drug-likeness (QED) is 0.797. The second kappa shape index (κ2) is 10.3. The fourth-order valence-electron chi connectivity index (χ4n) is 2.82. The molecule has 0 bridgehead atoms. The first kappa shape index (κ1) is 19.6. The van der Waals surface area contributed by atoms with Crippen molar-refractivity contribution in [1.29, 1.82) is 0 Å². The van der Waals surface area contributed by atoms with Crippen molar-refractivity contribution in [2.45, 2.75) is 25.7 Å². The molecule has 0 aromatic heterocycles. The van der Waals surface area contributed by atoms with Gasteiger partial charge in [0.05, 0.1) is 20.6 Å². The summed E-state index contributed by atoms with van der Waals surface area (Å²) in [6.07, 6.45) is 3.91. The third-order valence-electron chi connectivity index (χ3n) is 4.09. The van der Waals surface area contributed by atoms with Crippen LogP contribution in [0.3, 0.4) is 0 Å². The standard InChI is InChI=1S/C17H26N2O3.ClH/c1-21-15-6-5-14(10-16(15)22-2)11-17(20)19-9-7-13-4-3-8-18-12-13;/h5-6,10,13,18H,3-4,7-9,11-12H2,1-2H3,(H,19,20);1H. The van der Waals surface area contributed by atoms with Crippen molar-refractivity contribution < 1.29 is 14.3 Å². The van der Waals surface area contributed by atoms with Gasteiger partial charge < -0.3 is 20.1 Å². The summed E-state index contributed by atoms with van der Waals surface area (Å²) in [5.74, 6) is 2.07. The molecule has 6 heteroatoms. The fourth-order valence-corrected chi connectivity index (χ4v) is 2.82. The number of amides is 1. The van der Waals surface area contributed by atoms with Crippen LogP contribution in [-0.2, 0) is 11.2 Å². The highest BCUT2D eigenvalue weighted by Crippen LogP contribution is 2.27. The number of piperidine rings is 1. The molecule has 1 atom stereocenters. The van der Waals surface area contributed by atoms with Crippen molar-refractivity contribution in [2.75, 3.05) is 33.9 Å². The summed E-state index contributed by atoms with van der Waals surface area (Å²) in [7, 11) is 3.20. The van der Waals surface area contributed by atoms with Gasteiger partial charge >= 0.3 is 0 Å². The molecule has 0 spiro atoms. The molecular formula is C17H27ClN2O3. The van der Waals surface area contributed by atoms with E-state index in [1.54, 1.807) is 14.2 Å². The van der Waals surface area contributed by atoms with E-state index >= 15 is 0 Å². The molecule has 23 heavy (non-hydrogen) atoms. The van der Waals surface area contributed by atoms with E-state index in [1.165, 1.54) is 12.8 Å². The summed E-state index contributed by atoms with van der Waals surface area (Å²) in [5.41, 5.74) is 0.925. The van der Waals surface area contributed by atoms with Crippen molar-refractivity contribution in [3.8, 4) is 11.5 Å². The van der Waals surface area contributed by atoms with E-state index in [-0.39, 0.29) is 18.3 Å². The molecule has 130 valence electrons. The summed E-state index contributed by atoms with van der Waals surface area (Å²) in [6.45, 7) is 2.95. The zero-order valence-electron chi connectivity index (χ0n) is 13.9. The molecule has 1 unspecified atom stereocenters. The van der Waals surface area contributed by atoms with E-state index in [1.807, 2.05) is 18.2 Å². The fraction of sp³-hybridized carbons (Fsp3) is 0.588. The van der Waals surface area contributed by atoms with Crippen LogP contribution in [0.15, 0.2) is 18.2 Å². The van der Waals surface area contributed by atoms with Crippen molar-refractivity contribution in [3.63, 3.8) is 0 Å². The molecule has 1 aliphatic rings. The number of rotatable bonds is 7. The van der Waals surface area contributed by atoms with Gasteiger partial charge in [-0.15, -0.1) is 12.4 Å². The maximum Gasteiger partial charge on any atom is 0.224 e. The molecule has 2 N–H and O–H groups in total. The van der Waals surface area contributed by atoms with Gasteiger partial charge in [0.15, 0.2) is 11.5 Å². The van der Waals surface area contributed by atoms with E-state index in [4.69, 9.17) is 9.47 Å². The van der Waals surface area contributed by atoms with Crippen LogP contribution >= 0.6 is 12.4 Å². The van der Waals surface area contributed by atoms with E-state index < -0.39 is 0 Å². The Labute approximate surface area is 144 Å². The molecule has 1 saturated heterocycles. The topological polar surface area (TPSA) is 59.6 Å². The molecule has 0 aliphatic carbocycles. The average molecular weight is 343 g/mol. The van der Waals surface area contributed by atoms with Crippen molar-refractivity contribution in [1.82, 2.24) is 10.6 Å². The normalized spacial score (nSPS) is 17.0. The van der Waals surface area contributed by atoms with E-state index in [2.05, 4.69) is 10.6 Å². The Morgan fingerprint density at radius 3 is 2.74 bits per heavy atom. The molecular weight excluding hydrogens is 316 g/mol. The third kappa shape index (κ3) is 6.28. The Balaban J connectivity index is 0.00000264. The van der Waals surface area contributed by atoms with Gasteiger partial charge in [0, 0.05) is 6.54 Å². The monoisotopic (exact) mass is 342 g/mol. The number of methoxy groups -OCH3 is 2. The van der Waals surface area contributed by atoms with Crippen molar-refractivity contribution in [3.05, 3.63) is 23.8 Å². The van der Waals surface area contributed by atoms with E-state index in [0.29, 0.717) is 23.8 Å². The van der Waals surface area contributed by atoms with Crippen molar-refractivity contribution >= 4 is 18.3 Å². The van der Waals surface area contributed by atoms with Crippen LogP contribution in [0.2, 0.25) is 0 Å². The SMILES string of the molecule is COc1ccc(CC(=O)NCCC2CCCNC2)cc1OC.Cl. The Morgan fingerprint density at radius 1 is 1.30 bits per heavy atom. The maximum atomic E-state index is 12.0. The summed E-state index contributed by atoms with van der Waals surface area (Å²) >= 11 is 0. The zero-order chi connectivity index (χ0) is 15.8. The molecule has 1 amide bonds. The Morgan fingerprint density at radius 2 is 2.09 bits per heavy atom. The lowest BCUT2D eigenvalue weighted by atomic mass is 9.96. The molecule has 1 aromatic carbocycles. The highest BCUT2D eigenvalue weighted by Gasteiger charge is 2.13. The molecule has 5 nitrogen and oxygen atoms in total. The third-order valence-corrected chi connectivity index (χ3v) is 4.09. The minimum absolute atomic E-state index is 0. The first-order chi connectivity index (χ1) is 10.7. The van der Waals surface area contributed by atoms with Crippen LogP contribution in [0.4, 0.5) is 0 Å². The number of benzene rings is 1. The number of hydrogen-bond donors (Lipinski definition) is 2. The first-order valence-electron chi connectivity index (χ1n) is 7.91. The van der Waals surface area contributed by atoms with Crippen LogP contribution in [-0.4, -0.2) is 39.8 Å². The van der Waals surface area contributed by atoms with Crippen LogP contribution in [0.25, 0.3) is 0 Å². The second-order valence-corrected chi connectivity index (χ2v) is 5.72. The highest BCUT2D eigenvalue weighted by atomic mass is 35.5. The van der Waals surface area contributed by atoms with Gasteiger partial charge in [-0.1, -0.05) is 6.07 Å². The van der Waals surface area contributed by atoms with Crippen molar-refractivity contribution in [2.24, 2.45) is 5.92 Å². The Hall–Kier alpha value is -1.46. The lowest BCUT2D eigenvalue weighted by Crippen LogP contribution is -2.33. The number of carbonyl (C=O) groups excluding carboxylic acids is 1. The average Bonchev–Trinajstić information content (AvgIpc) is 2.55.